The van der Waals surface area contributed by atoms with Crippen LogP contribution < -0.4 is 5.69 Å². The molecule has 0 amide bonds. The van der Waals surface area contributed by atoms with E-state index in [1.54, 1.807) is 6.20 Å². The summed E-state index contributed by atoms with van der Waals surface area (Å²) < 4.78 is 2.75. The molecule has 0 bridgehead atoms. The summed E-state index contributed by atoms with van der Waals surface area (Å²) in [6.45, 7) is 4.06. The van der Waals surface area contributed by atoms with Crippen molar-refractivity contribution in [1.82, 2.24) is 19.2 Å². The molecule has 0 saturated carbocycles. The highest BCUT2D eigenvalue weighted by atomic mass is 35.5. The van der Waals surface area contributed by atoms with E-state index in [1.165, 1.54) is 21.5 Å². The van der Waals surface area contributed by atoms with Crippen LogP contribution in [0.3, 0.4) is 0 Å². The Balaban J connectivity index is 2.49. The number of rotatable bonds is 3. The summed E-state index contributed by atoms with van der Waals surface area (Å²) in [4.78, 5) is 15.6. The normalized spacial score (nSPS) is 10.7. The second-order valence-corrected chi connectivity index (χ2v) is 3.40. The van der Waals surface area contributed by atoms with Crippen LogP contribution >= 0.6 is 11.6 Å². The summed E-state index contributed by atoms with van der Waals surface area (Å²) in [7, 11) is 0. The average Bonchev–Trinajstić information content (AvgIpc) is 2.57. The molecule has 0 spiro atoms. The van der Waals surface area contributed by atoms with Crippen molar-refractivity contribution in [2.45, 2.75) is 6.54 Å². The number of halogens is 1. The topological polar surface area (TPSA) is 52.2 Å². The van der Waals surface area contributed by atoms with Gasteiger partial charge in [0.1, 0.15) is 0 Å². The van der Waals surface area contributed by atoms with Crippen LogP contribution in [0.2, 0.25) is 0 Å². The maximum atomic E-state index is 11.7. The highest BCUT2D eigenvalue weighted by molar-refractivity contribution is 6.19. The first-order valence-electron chi connectivity index (χ1n) is 4.34. The standard InChI is InChI=1S/C9H9ClN4O/c1-7(4-10)6-14-9(15)13-3-2-11-5-8(13)12-14/h2-3,5H,1,4,6H2. The minimum absolute atomic E-state index is 0.210. The number of alkyl halides is 1. The molecule has 15 heavy (non-hydrogen) atoms. The molecule has 0 saturated heterocycles. The van der Waals surface area contributed by atoms with Crippen molar-refractivity contribution in [3.8, 4) is 0 Å². The maximum absolute atomic E-state index is 11.7. The highest BCUT2D eigenvalue weighted by Gasteiger charge is 2.06. The van der Waals surface area contributed by atoms with E-state index >= 15 is 0 Å². The molecule has 2 rings (SSSR count). The molecule has 0 aromatic carbocycles. The summed E-state index contributed by atoms with van der Waals surface area (Å²) in [5.74, 6) is 0.318. The zero-order chi connectivity index (χ0) is 10.8. The van der Waals surface area contributed by atoms with Crippen molar-refractivity contribution in [2.75, 3.05) is 5.88 Å². The Hall–Kier alpha value is -1.62. The van der Waals surface area contributed by atoms with E-state index in [-0.39, 0.29) is 5.69 Å². The number of aromatic nitrogens is 4. The summed E-state index contributed by atoms with van der Waals surface area (Å²) in [5, 5.41) is 4.09. The first-order valence-corrected chi connectivity index (χ1v) is 4.87. The molecule has 0 radical (unpaired) electrons. The molecule has 5 nitrogen and oxygen atoms in total. The Labute approximate surface area is 90.6 Å². The van der Waals surface area contributed by atoms with Gasteiger partial charge >= 0.3 is 5.69 Å². The average molecular weight is 225 g/mol. The first-order chi connectivity index (χ1) is 7.22. The van der Waals surface area contributed by atoms with Crippen LogP contribution in [0.15, 0.2) is 35.5 Å². The fourth-order valence-corrected chi connectivity index (χ4v) is 1.32. The SMILES string of the molecule is C=C(CCl)Cn1nc2cnccn2c1=O. The van der Waals surface area contributed by atoms with E-state index in [9.17, 15) is 4.79 Å². The van der Waals surface area contributed by atoms with Gasteiger partial charge < -0.3 is 0 Å². The molecule has 0 aliphatic rings. The number of allylic oxidation sites excluding steroid dienone is 1. The second kappa shape index (κ2) is 3.86. The first kappa shape index (κ1) is 9.92. The van der Waals surface area contributed by atoms with Crippen molar-refractivity contribution < 1.29 is 0 Å². The smallest absolute Gasteiger partial charge is 0.259 e. The lowest BCUT2D eigenvalue weighted by atomic mass is 10.3. The third kappa shape index (κ3) is 1.78. The van der Waals surface area contributed by atoms with Crippen LogP contribution in [0.1, 0.15) is 0 Å². The zero-order valence-electron chi connectivity index (χ0n) is 7.93. The third-order valence-corrected chi connectivity index (χ3v) is 2.33. The van der Waals surface area contributed by atoms with Crippen LogP contribution in [0.25, 0.3) is 5.65 Å². The number of hydrogen-bond acceptors (Lipinski definition) is 3. The molecule has 0 unspecified atom stereocenters. The van der Waals surface area contributed by atoms with E-state index in [1.807, 2.05) is 0 Å². The molecule has 2 aromatic heterocycles. The van der Waals surface area contributed by atoms with E-state index in [2.05, 4.69) is 16.7 Å². The fourth-order valence-electron chi connectivity index (χ4n) is 1.24. The molecule has 0 fully saturated rings. The van der Waals surface area contributed by atoms with Crippen molar-refractivity contribution in [1.29, 1.82) is 0 Å². The van der Waals surface area contributed by atoms with Gasteiger partial charge in [-0.25, -0.2) is 13.9 Å². The minimum Gasteiger partial charge on any atom is -0.259 e. The molecule has 0 aliphatic carbocycles. The third-order valence-electron chi connectivity index (χ3n) is 1.95. The maximum Gasteiger partial charge on any atom is 0.350 e. The molecular weight excluding hydrogens is 216 g/mol. The van der Waals surface area contributed by atoms with Gasteiger partial charge in [-0.1, -0.05) is 6.58 Å². The van der Waals surface area contributed by atoms with Gasteiger partial charge in [-0.2, -0.15) is 0 Å². The molecule has 2 heterocycles. The molecule has 78 valence electrons. The van der Waals surface area contributed by atoms with Gasteiger partial charge in [-0.05, 0) is 5.57 Å². The van der Waals surface area contributed by atoms with Crippen LogP contribution in [0.5, 0.6) is 0 Å². The van der Waals surface area contributed by atoms with Gasteiger partial charge in [0.05, 0.1) is 12.7 Å². The molecule has 0 N–H and O–H groups in total. The quantitative estimate of drug-likeness (QED) is 0.569. The fraction of sp³-hybridized carbons (Fsp3) is 0.222. The Kier molecular flexibility index (Phi) is 2.55. The van der Waals surface area contributed by atoms with Crippen LogP contribution in [0, 0.1) is 0 Å². The zero-order valence-corrected chi connectivity index (χ0v) is 8.68. The van der Waals surface area contributed by atoms with Gasteiger partial charge in [0.15, 0.2) is 5.65 Å². The Bertz CT molecular complexity index is 556. The Morgan fingerprint density at radius 1 is 1.60 bits per heavy atom. The predicted octanol–water partition coefficient (Wildman–Crippen LogP) is 0.686. The summed E-state index contributed by atoms with van der Waals surface area (Å²) in [5.41, 5.74) is 1.05. The Morgan fingerprint density at radius 3 is 3.07 bits per heavy atom. The van der Waals surface area contributed by atoms with E-state index < -0.39 is 0 Å². The van der Waals surface area contributed by atoms with Crippen molar-refractivity contribution in [2.24, 2.45) is 0 Å². The number of hydrogen-bond donors (Lipinski definition) is 0. The van der Waals surface area contributed by atoms with Crippen molar-refractivity contribution in [3.63, 3.8) is 0 Å². The monoisotopic (exact) mass is 224 g/mol. The molecule has 0 atom stereocenters. The largest absolute Gasteiger partial charge is 0.350 e. The lowest BCUT2D eigenvalue weighted by molar-refractivity contribution is 0.652. The van der Waals surface area contributed by atoms with Crippen LogP contribution in [-0.2, 0) is 6.54 Å². The predicted molar refractivity (Wildman–Crippen MR) is 57.1 cm³/mol. The van der Waals surface area contributed by atoms with Crippen LogP contribution in [-0.4, -0.2) is 25.0 Å². The second-order valence-electron chi connectivity index (χ2n) is 3.13. The lowest BCUT2D eigenvalue weighted by Crippen LogP contribution is -2.22. The van der Waals surface area contributed by atoms with Gasteiger partial charge in [0.25, 0.3) is 0 Å². The van der Waals surface area contributed by atoms with Gasteiger partial charge in [0, 0.05) is 18.3 Å². The van der Waals surface area contributed by atoms with Crippen LogP contribution in [0.4, 0.5) is 0 Å². The highest BCUT2D eigenvalue weighted by Crippen LogP contribution is 1.98. The molecule has 0 aliphatic heterocycles. The minimum atomic E-state index is -0.210. The Morgan fingerprint density at radius 2 is 2.40 bits per heavy atom. The van der Waals surface area contributed by atoms with E-state index in [0.717, 1.165) is 5.57 Å². The van der Waals surface area contributed by atoms with Gasteiger partial charge in [-0.15, -0.1) is 16.7 Å². The lowest BCUT2D eigenvalue weighted by Gasteiger charge is -1.98. The van der Waals surface area contributed by atoms with Gasteiger partial charge in [-0.3, -0.25) is 4.98 Å². The molecule has 6 heteroatoms. The summed E-state index contributed by atoms with van der Waals surface area (Å²) >= 11 is 5.59. The van der Waals surface area contributed by atoms with Gasteiger partial charge in [0.2, 0.25) is 0 Å². The van der Waals surface area contributed by atoms with Crippen molar-refractivity contribution in [3.05, 3.63) is 41.2 Å². The summed E-state index contributed by atoms with van der Waals surface area (Å²) in [6, 6.07) is 0. The number of fused-ring (bicyclic) bond motifs is 1. The van der Waals surface area contributed by atoms with E-state index in [0.29, 0.717) is 18.1 Å². The van der Waals surface area contributed by atoms with Crippen molar-refractivity contribution >= 4 is 17.2 Å². The number of nitrogens with zero attached hydrogens (tertiary/aromatic N) is 4. The molecule has 2 aromatic rings. The summed E-state index contributed by atoms with van der Waals surface area (Å²) in [6.07, 6.45) is 4.64. The molecular formula is C9H9ClN4O. The van der Waals surface area contributed by atoms with E-state index in [4.69, 9.17) is 11.6 Å².